The van der Waals surface area contributed by atoms with E-state index < -0.39 is 0 Å². The molecule has 0 aromatic heterocycles. The van der Waals surface area contributed by atoms with Gasteiger partial charge in [-0.1, -0.05) is 7.43 Å². The first-order valence-corrected chi connectivity index (χ1v) is 1.29. The molecule has 0 unspecified atom stereocenters. The molecule has 40 valence electrons. The van der Waals surface area contributed by atoms with Crippen molar-refractivity contribution in [3.63, 3.8) is 0 Å². The first kappa shape index (κ1) is 9.30. The molecule has 0 fully saturated rings. The summed E-state index contributed by atoms with van der Waals surface area (Å²) in [5.41, 5.74) is 0. The Labute approximate surface area is 37.1 Å². The molecule has 0 bridgehead atoms. The van der Waals surface area contributed by atoms with Crippen LogP contribution in [0.4, 0.5) is 0 Å². The number of aliphatic hydroxyl groups is 1. The summed E-state index contributed by atoms with van der Waals surface area (Å²) in [6.45, 7) is -0.128. The second-order valence-corrected chi connectivity index (χ2v) is 0.557. The molecule has 0 saturated heterocycles. The normalized spacial score (nSPS) is 7.00. The quantitative estimate of drug-likeness (QED) is 0.377. The van der Waals surface area contributed by atoms with E-state index in [1.165, 1.54) is 0 Å². The van der Waals surface area contributed by atoms with Crippen molar-refractivity contribution < 1.29 is 15.3 Å². The predicted octanol–water partition coefficient (Wildman–Crippen LogP) is 0.104. The molecule has 2 N–H and O–H groups in total. The lowest BCUT2D eigenvalue weighted by Gasteiger charge is -1.81. The molecule has 0 heterocycles. The molecule has 0 aliphatic carbocycles. The van der Waals surface area contributed by atoms with Crippen molar-refractivity contribution in [2.45, 2.75) is 7.43 Å². The summed E-state index contributed by atoms with van der Waals surface area (Å²) in [4.78, 5) is 3.44. The highest BCUT2D eigenvalue weighted by molar-refractivity contribution is 4.09. The van der Waals surface area contributed by atoms with Gasteiger partial charge < -0.3 is 5.11 Å². The maximum Gasteiger partial charge on any atom is 0.105 e. The average molecular weight is 94.1 g/mol. The van der Waals surface area contributed by atoms with Crippen molar-refractivity contribution in [1.29, 1.82) is 0 Å². The topological polar surface area (TPSA) is 49.7 Å². The van der Waals surface area contributed by atoms with Crippen molar-refractivity contribution in [3.05, 3.63) is 0 Å². The van der Waals surface area contributed by atoms with Gasteiger partial charge in [0.05, 0.1) is 6.61 Å². The van der Waals surface area contributed by atoms with Gasteiger partial charge in [-0.15, -0.1) is 0 Å². The second kappa shape index (κ2) is 8.86. The van der Waals surface area contributed by atoms with Gasteiger partial charge in [0.15, 0.2) is 0 Å². The lowest BCUT2D eigenvalue weighted by Crippen LogP contribution is -1.92. The standard InChI is InChI=1S/C2H6O3.CH4/c3-1-2-5-4;/h3-4H,1-2H2;1H4. The molecule has 3 heteroatoms. The summed E-state index contributed by atoms with van der Waals surface area (Å²) >= 11 is 0. The highest BCUT2D eigenvalue weighted by Crippen LogP contribution is 1.55. The fourth-order valence-corrected chi connectivity index (χ4v) is 0.0408. The van der Waals surface area contributed by atoms with Crippen LogP contribution in [0.25, 0.3) is 0 Å². The number of hydrogen-bond donors (Lipinski definition) is 2. The zero-order valence-electron chi connectivity index (χ0n) is 2.72. The van der Waals surface area contributed by atoms with E-state index in [9.17, 15) is 0 Å². The Morgan fingerprint density at radius 3 is 2.00 bits per heavy atom. The maximum absolute atomic E-state index is 7.78. The fraction of sp³-hybridized carbons (Fsp3) is 1.00. The van der Waals surface area contributed by atoms with Crippen molar-refractivity contribution in [3.8, 4) is 0 Å². The van der Waals surface area contributed by atoms with E-state index in [1.54, 1.807) is 0 Å². The zero-order chi connectivity index (χ0) is 4.12. The first-order valence-electron chi connectivity index (χ1n) is 1.29. The Balaban J connectivity index is 0. The minimum atomic E-state index is -0.128. The molecule has 0 aromatic carbocycles. The smallest absolute Gasteiger partial charge is 0.105 e. The Morgan fingerprint density at radius 2 is 2.00 bits per heavy atom. The second-order valence-electron chi connectivity index (χ2n) is 0.557. The van der Waals surface area contributed by atoms with Crippen molar-refractivity contribution in [2.75, 3.05) is 13.2 Å². The lowest BCUT2D eigenvalue weighted by atomic mass is 10.8. The number of rotatable bonds is 2. The van der Waals surface area contributed by atoms with E-state index in [1.807, 2.05) is 0 Å². The van der Waals surface area contributed by atoms with Gasteiger partial charge in [-0.05, 0) is 0 Å². The van der Waals surface area contributed by atoms with Crippen LogP contribution in [-0.4, -0.2) is 23.6 Å². The van der Waals surface area contributed by atoms with E-state index in [2.05, 4.69) is 4.89 Å². The van der Waals surface area contributed by atoms with Crippen LogP contribution in [0.5, 0.6) is 0 Å². The van der Waals surface area contributed by atoms with Gasteiger partial charge in [-0.2, -0.15) is 0 Å². The number of hydrogen-bond acceptors (Lipinski definition) is 3. The summed E-state index contributed by atoms with van der Waals surface area (Å²) in [5.74, 6) is 0. The van der Waals surface area contributed by atoms with Gasteiger partial charge in [0.25, 0.3) is 0 Å². The van der Waals surface area contributed by atoms with E-state index >= 15 is 0 Å². The Bertz CT molecular complexity index is 13.5. The molecule has 0 aromatic rings. The molecule has 6 heavy (non-hydrogen) atoms. The lowest BCUT2D eigenvalue weighted by molar-refractivity contribution is -0.246. The van der Waals surface area contributed by atoms with Crippen LogP contribution in [0.15, 0.2) is 0 Å². The Kier molecular flexibility index (Phi) is 13.7. The predicted molar refractivity (Wildman–Crippen MR) is 22.4 cm³/mol. The molecular formula is C3H10O3. The maximum atomic E-state index is 7.78. The van der Waals surface area contributed by atoms with E-state index in [0.717, 1.165) is 0 Å². The van der Waals surface area contributed by atoms with Gasteiger partial charge in [-0.25, -0.2) is 4.89 Å². The Morgan fingerprint density at radius 1 is 1.50 bits per heavy atom. The van der Waals surface area contributed by atoms with Crippen molar-refractivity contribution in [1.82, 2.24) is 0 Å². The molecule has 3 nitrogen and oxygen atoms in total. The molecule has 0 rings (SSSR count). The summed E-state index contributed by atoms with van der Waals surface area (Å²) in [6, 6.07) is 0. The summed E-state index contributed by atoms with van der Waals surface area (Å²) in [6.07, 6.45) is 0. The Hall–Kier alpha value is -0.120. The minimum Gasteiger partial charge on any atom is -0.394 e. The van der Waals surface area contributed by atoms with Crippen molar-refractivity contribution in [2.24, 2.45) is 0 Å². The van der Waals surface area contributed by atoms with Crippen LogP contribution >= 0.6 is 0 Å². The van der Waals surface area contributed by atoms with Gasteiger partial charge in [0, 0.05) is 0 Å². The third kappa shape index (κ3) is 9.11. The van der Waals surface area contributed by atoms with Crippen LogP contribution in [-0.2, 0) is 4.89 Å². The van der Waals surface area contributed by atoms with Crippen LogP contribution in [0, 0.1) is 0 Å². The largest absolute Gasteiger partial charge is 0.394 e. The summed E-state index contributed by atoms with van der Waals surface area (Å²) in [5, 5.41) is 15.2. The SMILES string of the molecule is C.OCCOO. The van der Waals surface area contributed by atoms with E-state index in [4.69, 9.17) is 10.4 Å². The molecule has 0 aliphatic heterocycles. The molecule has 0 saturated carbocycles. The highest BCUT2D eigenvalue weighted by Gasteiger charge is 1.69. The summed E-state index contributed by atoms with van der Waals surface area (Å²) in [7, 11) is 0. The molecule has 0 spiro atoms. The van der Waals surface area contributed by atoms with Gasteiger partial charge >= 0.3 is 0 Å². The third-order valence-electron chi connectivity index (χ3n) is 0.183. The van der Waals surface area contributed by atoms with Gasteiger partial charge in [0.2, 0.25) is 0 Å². The van der Waals surface area contributed by atoms with Crippen molar-refractivity contribution >= 4 is 0 Å². The molecule has 0 amide bonds. The monoisotopic (exact) mass is 94.1 g/mol. The van der Waals surface area contributed by atoms with E-state index in [0.29, 0.717) is 0 Å². The average Bonchev–Trinajstić information content (AvgIpc) is 1.41. The molecule has 0 radical (unpaired) electrons. The van der Waals surface area contributed by atoms with Crippen LogP contribution in [0.2, 0.25) is 0 Å². The van der Waals surface area contributed by atoms with E-state index in [-0.39, 0.29) is 20.6 Å². The first-order chi connectivity index (χ1) is 2.41. The van der Waals surface area contributed by atoms with Crippen LogP contribution < -0.4 is 0 Å². The van der Waals surface area contributed by atoms with Gasteiger partial charge in [-0.3, -0.25) is 5.26 Å². The molecule has 0 aliphatic rings. The highest BCUT2D eigenvalue weighted by atomic mass is 17.1. The molecular weight excluding hydrogens is 84.0 g/mol. The number of aliphatic hydroxyl groups excluding tert-OH is 1. The summed E-state index contributed by atoms with van der Waals surface area (Å²) < 4.78 is 0. The minimum absolute atomic E-state index is 0. The zero-order valence-corrected chi connectivity index (χ0v) is 2.72. The van der Waals surface area contributed by atoms with Gasteiger partial charge in [0.1, 0.15) is 6.61 Å². The molecule has 0 atom stereocenters. The van der Waals surface area contributed by atoms with Crippen LogP contribution in [0.3, 0.4) is 0 Å². The third-order valence-corrected chi connectivity index (χ3v) is 0.183. The fourth-order valence-electron chi connectivity index (χ4n) is 0.0408. The van der Waals surface area contributed by atoms with Crippen LogP contribution in [0.1, 0.15) is 7.43 Å².